The van der Waals surface area contributed by atoms with Gasteiger partial charge in [0, 0.05) is 10.7 Å². The number of hydrogen-bond acceptors (Lipinski definition) is 6. The number of benzene rings is 3. The Morgan fingerprint density at radius 2 is 1.88 bits per heavy atom. The van der Waals surface area contributed by atoms with Crippen molar-refractivity contribution in [3.8, 4) is 5.75 Å². The fourth-order valence-electron chi connectivity index (χ4n) is 3.05. The first-order valence-electron chi connectivity index (χ1n) is 10.3. The lowest BCUT2D eigenvalue weighted by Crippen LogP contribution is -2.21. The minimum Gasteiger partial charge on any atom is -0.486 e. The molecule has 0 spiro atoms. The smallest absolute Gasteiger partial charge is 0.242 e. The second kappa shape index (κ2) is 10.6. The summed E-state index contributed by atoms with van der Waals surface area (Å²) in [5.74, 6) is 6.39. The van der Waals surface area contributed by atoms with E-state index in [1.807, 2.05) is 43.3 Å². The molecule has 1 amide bonds. The van der Waals surface area contributed by atoms with Gasteiger partial charge < -0.3 is 15.9 Å². The topological polar surface area (TPSA) is 95.1 Å². The summed E-state index contributed by atoms with van der Waals surface area (Å²) in [6.07, 6.45) is 0. The highest BCUT2D eigenvalue weighted by Gasteiger charge is 2.25. The van der Waals surface area contributed by atoms with Crippen LogP contribution in [0.3, 0.4) is 0 Å². The molecule has 0 bridgehead atoms. The number of amides is 1. The van der Waals surface area contributed by atoms with Crippen molar-refractivity contribution in [1.82, 2.24) is 14.9 Å². The maximum atomic E-state index is 13.2. The highest BCUT2D eigenvalue weighted by Crippen LogP contribution is 2.35. The number of carbonyl (C=O) groups is 1. The number of nitrogens with zero attached hydrogens (tertiary/aromatic N) is 3. The van der Waals surface area contributed by atoms with E-state index in [1.165, 1.54) is 28.9 Å². The van der Waals surface area contributed by atoms with E-state index in [0.717, 1.165) is 22.9 Å². The Balaban J connectivity index is 1.52. The molecule has 0 fully saturated rings. The van der Waals surface area contributed by atoms with Crippen LogP contribution in [0.25, 0.3) is 0 Å². The summed E-state index contributed by atoms with van der Waals surface area (Å²) in [4.78, 5) is 13.2. The van der Waals surface area contributed by atoms with Crippen LogP contribution in [0.5, 0.6) is 5.75 Å². The van der Waals surface area contributed by atoms with Gasteiger partial charge in [-0.15, -0.1) is 10.2 Å². The maximum Gasteiger partial charge on any atom is 0.242 e. The summed E-state index contributed by atoms with van der Waals surface area (Å²) < 4.78 is 20.0. The van der Waals surface area contributed by atoms with Gasteiger partial charge in [0.2, 0.25) is 11.1 Å². The lowest BCUT2D eigenvalue weighted by atomic mass is 10.1. The fraction of sp³-hybridized carbons (Fsp3) is 0.125. The van der Waals surface area contributed by atoms with E-state index < -0.39 is 5.25 Å². The number of anilines is 1. The largest absolute Gasteiger partial charge is 0.486 e. The molecular weight excluding hydrogens is 477 g/mol. The van der Waals surface area contributed by atoms with Crippen molar-refractivity contribution in [1.29, 1.82) is 0 Å². The van der Waals surface area contributed by atoms with Gasteiger partial charge in [-0.05, 0) is 54.4 Å². The zero-order valence-corrected chi connectivity index (χ0v) is 19.7. The van der Waals surface area contributed by atoms with Gasteiger partial charge in [-0.25, -0.2) is 9.07 Å². The molecule has 174 valence electrons. The third-order valence-corrected chi connectivity index (χ3v) is 6.54. The number of halogens is 2. The van der Waals surface area contributed by atoms with E-state index in [9.17, 15) is 9.18 Å². The molecule has 0 radical (unpaired) electrons. The third-order valence-electron chi connectivity index (χ3n) is 4.92. The number of aromatic nitrogens is 3. The van der Waals surface area contributed by atoms with Gasteiger partial charge in [0.1, 0.15) is 23.4 Å². The molecule has 7 nitrogen and oxygen atoms in total. The summed E-state index contributed by atoms with van der Waals surface area (Å²) in [7, 11) is 0. The zero-order valence-electron chi connectivity index (χ0n) is 18.1. The van der Waals surface area contributed by atoms with Crippen LogP contribution < -0.4 is 15.9 Å². The van der Waals surface area contributed by atoms with Crippen LogP contribution in [-0.2, 0) is 11.4 Å². The summed E-state index contributed by atoms with van der Waals surface area (Å²) in [5, 5.41) is 11.4. The number of hydrogen-bond donors (Lipinski definition) is 2. The number of aryl methyl sites for hydroxylation is 1. The Morgan fingerprint density at radius 1 is 1.15 bits per heavy atom. The summed E-state index contributed by atoms with van der Waals surface area (Å²) >= 11 is 7.37. The maximum absolute atomic E-state index is 13.2. The van der Waals surface area contributed by atoms with E-state index in [-0.39, 0.29) is 18.3 Å². The van der Waals surface area contributed by atoms with Crippen molar-refractivity contribution < 1.29 is 13.9 Å². The van der Waals surface area contributed by atoms with E-state index in [1.54, 1.807) is 12.1 Å². The highest BCUT2D eigenvalue weighted by molar-refractivity contribution is 8.00. The minimum absolute atomic E-state index is 0.0275. The number of nitrogen functional groups attached to an aromatic ring is 1. The SMILES string of the molecule is Cc1ccc(NC(=O)C(Sc2nnc(COc3ccc(F)cc3)n2N)c2ccccc2)cc1Cl. The first-order chi connectivity index (χ1) is 16.4. The quantitative estimate of drug-likeness (QED) is 0.258. The zero-order chi connectivity index (χ0) is 24.1. The Hall–Kier alpha value is -3.56. The van der Waals surface area contributed by atoms with Crippen molar-refractivity contribution in [3.63, 3.8) is 0 Å². The highest BCUT2D eigenvalue weighted by atomic mass is 35.5. The van der Waals surface area contributed by atoms with Gasteiger partial charge >= 0.3 is 0 Å². The molecule has 0 saturated carbocycles. The van der Waals surface area contributed by atoms with Crippen LogP contribution in [0.15, 0.2) is 78.0 Å². The van der Waals surface area contributed by atoms with E-state index in [0.29, 0.717) is 27.4 Å². The standard InChI is InChI=1S/C24H21ClFN5O2S/c1-15-7-10-18(13-20(15)25)28-23(32)22(16-5-3-2-4-6-16)34-24-30-29-21(31(24)27)14-33-19-11-8-17(26)9-12-19/h2-13,22H,14,27H2,1H3,(H,28,32). The Bertz CT molecular complexity index is 1280. The van der Waals surface area contributed by atoms with E-state index in [4.69, 9.17) is 22.2 Å². The first-order valence-corrected chi connectivity index (χ1v) is 11.5. The molecule has 1 aromatic heterocycles. The van der Waals surface area contributed by atoms with Crippen LogP contribution in [-0.4, -0.2) is 20.8 Å². The molecule has 1 atom stereocenters. The number of thioether (sulfide) groups is 1. The molecule has 4 rings (SSSR count). The molecule has 1 heterocycles. The molecule has 0 aliphatic rings. The average molecular weight is 498 g/mol. The van der Waals surface area contributed by atoms with Gasteiger partial charge in [-0.1, -0.05) is 59.8 Å². The van der Waals surface area contributed by atoms with Gasteiger partial charge in [0.05, 0.1) is 0 Å². The summed E-state index contributed by atoms with van der Waals surface area (Å²) in [6, 6.07) is 20.3. The van der Waals surface area contributed by atoms with Crippen LogP contribution >= 0.6 is 23.4 Å². The molecule has 34 heavy (non-hydrogen) atoms. The predicted octanol–water partition coefficient (Wildman–Crippen LogP) is 5.14. The molecule has 3 N–H and O–H groups in total. The minimum atomic E-state index is -0.654. The summed E-state index contributed by atoms with van der Waals surface area (Å²) in [5.41, 5.74) is 2.28. The molecule has 0 aliphatic heterocycles. The van der Waals surface area contributed by atoms with Crippen LogP contribution in [0.1, 0.15) is 22.2 Å². The van der Waals surface area contributed by atoms with Crippen LogP contribution in [0.2, 0.25) is 5.02 Å². The second-order valence-corrected chi connectivity index (χ2v) is 8.85. The number of rotatable bonds is 8. The number of ether oxygens (including phenoxy) is 1. The molecule has 3 aromatic carbocycles. The van der Waals surface area contributed by atoms with Crippen molar-refractivity contribution in [3.05, 3.63) is 101 Å². The monoisotopic (exact) mass is 497 g/mol. The Morgan fingerprint density at radius 3 is 2.59 bits per heavy atom. The number of nitrogens with two attached hydrogens (primary N) is 1. The van der Waals surface area contributed by atoms with Gasteiger partial charge in [-0.2, -0.15) is 0 Å². The normalized spacial score (nSPS) is 11.7. The lowest BCUT2D eigenvalue weighted by molar-refractivity contribution is -0.115. The van der Waals surface area contributed by atoms with Crippen molar-refractivity contribution in [2.24, 2.45) is 0 Å². The molecule has 0 aliphatic carbocycles. The average Bonchev–Trinajstić information content (AvgIpc) is 3.19. The molecule has 0 saturated heterocycles. The molecule has 4 aromatic rings. The van der Waals surface area contributed by atoms with Crippen molar-refractivity contribution in [2.45, 2.75) is 23.9 Å². The molecule has 1 unspecified atom stereocenters. The molecule has 10 heteroatoms. The van der Waals surface area contributed by atoms with Crippen LogP contribution in [0, 0.1) is 12.7 Å². The van der Waals surface area contributed by atoms with Gasteiger partial charge in [-0.3, -0.25) is 4.79 Å². The number of nitrogens with one attached hydrogen (secondary N) is 1. The third kappa shape index (κ3) is 5.67. The number of carbonyl (C=O) groups excluding carboxylic acids is 1. The summed E-state index contributed by atoms with van der Waals surface area (Å²) in [6.45, 7) is 1.92. The predicted molar refractivity (Wildman–Crippen MR) is 131 cm³/mol. The first kappa shape index (κ1) is 23.6. The fourth-order valence-corrected chi connectivity index (χ4v) is 4.21. The van der Waals surface area contributed by atoms with Crippen molar-refractivity contribution in [2.75, 3.05) is 11.2 Å². The second-order valence-electron chi connectivity index (χ2n) is 7.37. The Kier molecular flexibility index (Phi) is 7.34. The van der Waals surface area contributed by atoms with Gasteiger partial charge in [0.25, 0.3) is 0 Å². The lowest BCUT2D eigenvalue weighted by Gasteiger charge is -2.17. The van der Waals surface area contributed by atoms with E-state index in [2.05, 4.69) is 15.5 Å². The van der Waals surface area contributed by atoms with Crippen molar-refractivity contribution >= 4 is 35.0 Å². The molecular formula is C24H21ClFN5O2S. The van der Waals surface area contributed by atoms with Crippen LogP contribution in [0.4, 0.5) is 10.1 Å². The Labute approximate surface area is 205 Å². The van der Waals surface area contributed by atoms with Gasteiger partial charge in [0.15, 0.2) is 5.82 Å². The van der Waals surface area contributed by atoms with E-state index >= 15 is 0 Å².